The van der Waals surface area contributed by atoms with Gasteiger partial charge >= 0.3 is 0 Å². The maximum Gasteiger partial charge on any atom is 0.0963 e. The first-order valence-electron chi connectivity index (χ1n) is 6.70. The summed E-state index contributed by atoms with van der Waals surface area (Å²) in [4.78, 5) is 2.22. The molecule has 0 bridgehead atoms. The molecule has 0 spiro atoms. The minimum Gasteiger partial charge on any atom is -0.387 e. The fourth-order valence-corrected chi connectivity index (χ4v) is 2.80. The maximum absolute atomic E-state index is 10.5. The number of hydrogen-bond acceptors (Lipinski definition) is 2. The quantitative estimate of drug-likeness (QED) is 0.850. The number of aliphatic hydroxyl groups is 1. The molecule has 0 saturated carbocycles. The summed E-state index contributed by atoms with van der Waals surface area (Å²) in [5.41, 5.74) is 3.50. The first-order valence-corrected chi connectivity index (χ1v) is 6.70. The molecule has 3 rings (SSSR count). The van der Waals surface area contributed by atoms with E-state index in [1.165, 1.54) is 11.1 Å². The molecule has 0 amide bonds. The Morgan fingerprint density at radius 1 is 1.00 bits per heavy atom. The van der Waals surface area contributed by atoms with E-state index in [9.17, 15) is 5.11 Å². The fraction of sp³-hybridized carbons (Fsp3) is 0.294. The van der Waals surface area contributed by atoms with Crippen LogP contribution < -0.4 is 0 Å². The number of aliphatic hydroxyl groups excluding tert-OH is 1. The van der Waals surface area contributed by atoms with E-state index >= 15 is 0 Å². The molecule has 1 N–H and O–H groups in total. The summed E-state index contributed by atoms with van der Waals surface area (Å²) in [6, 6.07) is 19.1. The maximum atomic E-state index is 10.5. The average Bonchev–Trinajstić information content (AvgIpc) is 3.11. The van der Waals surface area contributed by atoms with Crippen molar-refractivity contribution in [3.63, 3.8) is 0 Å². The van der Waals surface area contributed by atoms with E-state index in [0.717, 1.165) is 5.56 Å². The monoisotopic (exact) mass is 253 g/mol. The summed E-state index contributed by atoms with van der Waals surface area (Å²) in [6.45, 7) is 2.06. The topological polar surface area (TPSA) is 23.2 Å². The molecular weight excluding hydrogens is 234 g/mol. The van der Waals surface area contributed by atoms with E-state index in [0.29, 0.717) is 6.04 Å². The zero-order valence-electron chi connectivity index (χ0n) is 11.3. The largest absolute Gasteiger partial charge is 0.387 e. The van der Waals surface area contributed by atoms with Crippen molar-refractivity contribution >= 4 is 0 Å². The van der Waals surface area contributed by atoms with Gasteiger partial charge in [0.05, 0.1) is 18.2 Å². The Labute approximate surface area is 114 Å². The highest BCUT2D eigenvalue weighted by atomic mass is 16.3. The fourth-order valence-electron chi connectivity index (χ4n) is 2.80. The van der Waals surface area contributed by atoms with Crippen LogP contribution in [0.2, 0.25) is 0 Å². The van der Waals surface area contributed by atoms with Crippen molar-refractivity contribution < 1.29 is 5.11 Å². The molecule has 19 heavy (non-hydrogen) atoms. The van der Waals surface area contributed by atoms with Crippen molar-refractivity contribution in [3.8, 4) is 0 Å². The van der Waals surface area contributed by atoms with Gasteiger partial charge in [-0.25, -0.2) is 0 Å². The van der Waals surface area contributed by atoms with Gasteiger partial charge in [-0.3, -0.25) is 4.90 Å². The highest BCUT2D eigenvalue weighted by Gasteiger charge is 2.49. The van der Waals surface area contributed by atoms with Crippen molar-refractivity contribution in [2.45, 2.75) is 25.1 Å². The minimum absolute atomic E-state index is 0.185. The van der Waals surface area contributed by atoms with Gasteiger partial charge in [0.25, 0.3) is 0 Å². The molecule has 1 aliphatic heterocycles. The SMILES string of the molecule is Cc1ccc(C(O)C2C(c3ccccc3)N2C)cc1. The average molecular weight is 253 g/mol. The van der Waals surface area contributed by atoms with Crippen LogP contribution in [0.4, 0.5) is 0 Å². The molecule has 1 heterocycles. The van der Waals surface area contributed by atoms with E-state index in [-0.39, 0.29) is 6.04 Å². The number of likely N-dealkylation sites (N-methyl/N-ethyl adjacent to an activating group) is 1. The van der Waals surface area contributed by atoms with Gasteiger partial charge in [-0.2, -0.15) is 0 Å². The third-order valence-electron chi connectivity index (χ3n) is 4.03. The van der Waals surface area contributed by atoms with Crippen LogP contribution in [0.25, 0.3) is 0 Å². The Hall–Kier alpha value is -1.64. The van der Waals surface area contributed by atoms with Crippen LogP contribution in [0.1, 0.15) is 28.8 Å². The van der Waals surface area contributed by atoms with Crippen LogP contribution >= 0.6 is 0 Å². The van der Waals surface area contributed by atoms with Crippen molar-refractivity contribution in [1.82, 2.24) is 4.90 Å². The molecule has 0 radical (unpaired) electrons. The van der Waals surface area contributed by atoms with Gasteiger partial charge < -0.3 is 5.11 Å². The molecule has 4 atom stereocenters. The molecular formula is C17H19NO. The van der Waals surface area contributed by atoms with Crippen LogP contribution in [0.5, 0.6) is 0 Å². The van der Waals surface area contributed by atoms with Crippen molar-refractivity contribution in [1.29, 1.82) is 0 Å². The zero-order chi connectivity index (χ0) is 13.4. The van der Waals surface area contributed by atoms with Crippen LogP contribution in [0.3, 0.4) is 0 Å². The molecule has 1 fully saturated rings. The van der Waals surface area contributed by atoms with Gasteiger partial charge in [0.15, 0.2) is 0 Å². The predicted molar refractivity (Wildman–Crippen MR) is 76.9 cm³/mol. The standard InChI is InChI=1S/C17H19NO/c1-12-8-10-14(11-9-12)17(19)16-15(18(16)2)13-6-4-3-5-7-13/h3-11,15-17,19H,1-2H3. The first-order chi connectivity index (χ1) is 9.18. The van der Waals surface area contributed by atoms with Gasteiger partial charge in [0, 0.05) is 0 Å². The van der Waals surface area contributed by atoms with Crippen molar-refractivity contribution in [2.24, 2.45) is 0 Å². The van der Waals surface area contributed by atoms with Gasteiger partial charge in [-0.1, -0.05) is 60.2 Å². The summed E-state index contributed by atoms with van der Waals surface area (Å²) < 4.78 is 0. The molecule has 1 aliphatic rings. The molecule has 98 valence electrons. The van der Waals surface area contributed by atoms with Crippen molar-refractivity contribution in [2.75, 3.05) is 7.05 Å². The summed E-state index contributed by atoms with van der Waals surface area (Å²) >= 11 is 0. The third-order valence-corrected chi connectivity index (χ3v) is 4.03. The van der Waals surface area contributed by atoms with Gasteiger partial charge in [-0.05, 0) is 25.1 Å². The van der Waals surface area contributed by atoms with Crippen LogP contribution in [-0.4, -0.2) is 23.1 Å². The molecule has 1 saturated heterocycles. The first kappa shape index (κ1) is 12.4. The molecule has 2 nitrogen and oxygen atoms in total. The smallest absolute Gasteiger partial charge is 0.0963 e. The van der Waals surface area contributed by atoms with Crippen LogP contribution in [0, 0.1) is 6.92 Å². The molecule has 2 aromatic carbocycles. The summed E-state index contributed by atoms with van der Waals surface area (Å²) in [6.07, 6.45) is -0.421. The highest BCUT2D eigenvalue weighted by Crippen LogP contribution is 2.47. The zero-order valence-corrected chi connectivity index (χ0v) is 11.3. The number of aryl methyl sites for hydroxylation is 1. The second kappa shape index (κ2) is 4.80. The lowest BCUT2D eigenvalue weighted by molar-refractivity contribution is 0.161. The number of nitrogens with zero attached hydrogens (tertiary/aromatic N) is 1. The highest BCUT2D eigenvalue weighted by molar-refractivity contribution is 5.32. The Morgan fingerprint density at radius 3 is 2.26 bits per heavy atom. The number of hydrogen-bond donors (Lipinski definition) is 1. The molecule has 4 unspecified atom stereocenters. The Bertz CT molecular complexity index is 549. The van der Waals surface area contributed by atoms with E-state index in [1.54, 1.807) is 0 Å². The molecule has 2 aromatic rings. The predicted octanol–water partition coefficient (Wildman–Crippen LogP) is 3.08. The van der Waals surface area contributed by atoms with Gasteiger partial charge in [-0.15, -0.1) is 0 Å². The van der Waals surface area contributed by atoms with Crippen LogP contribution in [-0.2, 0) is 0 Å². The summed E-state index contributed by atoms with van der Waals surface area (Å²) in [7, 11) is 2.07. The Balaban J connectivity index is 1.79. The molecule has 2 heteroatoms. The van der Waals surface area contributed by atoms with Crippen LogP contribution in [0.15, 0.2) is 54.6 Å². The minimum atomic E-state index is -0.421. The second-order valence-electron chi connectivity index (χ2n) is 5.37. The van der Waals surface area contributed by atoms with Gasteiger partial charge in [0.2, 0.25) is 0 Å². The molecule has 0 aliphatic carbocycles. The number of rotatable bonds is 3. The van der Waals surface area contributed by atoms with E-state index in [4.69, 9.17) is 0 Å². The lowest BCUT2D eigenvalue weighted by atomic mass is 10.0. The number of benzene rings is 2. The Morgan fingerprint density at radius 2 is 1.63 bits per heavy atom. The van der Waals surface area contributed by atoms with E-state index < -0.39 is 6.10 Å². The Kier molecular flexibility index (Phi) is 3.13. The lowest BCUT2D eigenvalue weighted by Crippen LogP contribution is -2.09. The lowest BCUT2D eigenvalue weighted by Gasteiger charge is -2.10. The summed E-state index contributed by atoms with van der Waals surface area (Å²) in [5.74, 6) is 0. The summed E-state index contributed by atoms with van der Waals surface area (Å²) in [5, 5.41) is 10.5. The van der Waals surface area contributed by atoms with E-state index in [1.807, 2.05) is 18.2 Å². The van der Waals surface area contributed by atoms with Crippen molar-refractivity contribution in [3.05, 3.63) is 71.3 Å². The normalized spacial score (nSPS) is 27.0. The molecule has 0 aromatic heterocycles. The third kappa shape index (κ3) is 2.29. The van der Waals surface area contributed by atoms with E-state index in [2.05, 4.69) is 55.3 Å². The van der Waals surface area contributed by atoms with Gasteiger partial charge in [0.1, 0.15) is 0 Å². The second-order valence-corrected chi connectivity index (χ2v) is 5.37.